The van der Waals surface area contributed by atoms with Crippen molar-refractivity contribution < 1.29 is 4.79 Å². The summed E-state index contributed by atoms with van der Waals surface area (Å²) in [7, 11) is 4.03. The molecule has 0 saturated heterocycles. The van der Waals surface area contributed by atoms with Crippen LogP contribution >= 0.6 is 0 Å². The van der Waals surface area contributed by atoms with E-state index in [1.54, 1.807) is 6.08 Å². The first-order valence-electron chi connectivity index (χ1n) is 8.54. The van der Waals surface area contributed by atoms with Crippen LogP contribution < -0.4 is 0 Å². The number of likely N-dealkylation sites (N-methyl/N-ethyl adjacent to an activating group) is 1. The maximum absolute atomic E-state index is 12.4. The number of carbonyl (C=O) groups excluding carboxylic acids is 1. The first kappa shape index (κ1) is 20.2. The van der Waals surface area contributed by atoms with Gasteiger partial charge in [0.25, 0.3) is 0 Å². The molecule has 0 aromatic carbocycles. The van der Waals surface area contributed by atoms with Gasteiger partial charge in [0, 0.05) is 25.7 Å². The average molecular weight is 296 g/mol. The molecule has 0 fully saturated rings. The minimum atomic E-state index is 0.173. The lowest BCUT2D eigenvalue weighted by Gasteiger charge is -2.27. The van der Waals surface area contributed by atoms with Gasteiger partial charge in [-0.05, 0) is 32.4 Å². The molecule has 0 aromatic heterocycles. The van der Waals surface area contributed by atoms with Crippen molar-refractivity contribution in [2.24, 2.45) is 11.8 Å². The van der Waals surface area contributed by atoms with Crippen molar-refractivity contribution in [1.29, 1.82) is 0 Å². The molecule has 0 radical (unpaired) electrons. The van der Waals surface area contributed by atoms with E-state index in [4.69, 9.17) is 0 Å². The Hall–Kier alpha value is -0.830. The summed E-state index contributed by atoms with van der Waals surface area (Å²) in [5.41, 5.74) is 0. The largest absolute Gasteiger partial charge is 0.339 e. The predicted octanol–water partition coefficient (Wildman–Crippen LogP) is 3.81. The van der Waals surface area contributed by atoms with Crippen LogP contribution in [0.5, 0.6) is 0 Å². The summed E-state index contributed by atoms with van der Waals surface area (Å²) in [6.07, 6.45) is 8.29. The molecule has 124 valence electrons. The fraction of sp³-hybridized carbons (Fsp3) is 0.833. The van der Waals surface area contributed by atoms with E-state index < -0.39 is 0 Å². The second-order valence-corrected chi connectivity index (χ2v) is 6.43. The Morgan fingerprint density at radius 3 is 2.19 bits per heavy atom. The van der Waals surface area contributed by atoms with Crippen molar-refractivity contribution >= 4 is 5.91 Å². The molecule has 0 aromatic rings. The molecule has 3 heteroatoms. The summed E-state index contributed by atoms with van der Waals surface area (Å²) in [6.45, 7) is 11.5. The second-order valence-electron chi connectivity index (χ2n) is 6.43. The summed E-state index contributed by atoms with van der Waals surface area (Å²) >= 11 is 0. The van der Waals surface area contributed by atoms with Gasteiger partial charge in [0.15, 0.2) is 0 Å². The Balaban J connectivity index is 4.60. The third kappa shape index (κ3) is 9.67. The molecule has 0 saturated carbocycles. The Morgan fingerprint density at radius 2 is 1.71 bits per heavy atom. The van der Waals surface area contributed by atoms with Gasteiger partial charge in [-0.25, -0.2) is 0 Å². The molecule has 1 unspecified atom stereocenters. The maximum atomic E-state index is 12.4. The summed E-state index contributed by atoms with van der Waals surface area (Å²) in [4.78, 5) is 16.5. The van der Waals surface area contributed by atoms with E-state index in [2.05, 4.69) is 37.5 Å². The highest BCUT2D eigenvalue weighted by atomic mass is 16.2. The molecule has 0 aliphatic carbocycles. The zero-order chi connectivity index (χ0) is 16.3. The van der Waals surface area contributed by atoms with Crippen LogP contribution in [-0.4, -0.2) is 49.4 Å². The van der Waals surface area contributed by atoms with Crippen molar-refractivity contribution in [3.8, 4) is 0 Å². The number of nitrogens with zero attached hydrogens (tertiary/aromatic N) is 2. The minimum absolute atomic E-state index is 0.173. The predicted molar refractivity (Wildman–Crippen MR) is 92.4 cm³/mol. The molecule has 0 aliphatic rings. The van der Waals surface area contributed by atoms with Gasteiger partial charge in [-0.2, -0.15) is 0 Å². The molecule has 0 N–H and O–H groups in total. The molecule has 0 aliphatic heterocycles. The zero-order valence-electron chi connectivity index (χ0n) is 15.1. The standard InChI is InChI=1S/C18H36N2O/c1-7-16(4)12-14-20(15-17(8-2)9-3)18(21)11-10-13-19(5)6/h10-11,16-17H,7-9,12-15H2,1-6H3/b11-10+. The molecule has 0 spiro atoms. The topological polar surface area (TPSA) is 23.6 Å². The zero-order valence-corrected chi connectivity index (χ0v) is 15.1. The minimum Gasteiger partial charge on any atom is -0.339 e. The highest BCUT2D eigenvalue weighted by Crippen LogP contribution is 2.13. The first-order valence-corrected chi connectivity index (χ1v) is 8.54. The van der Waals surface area contributed by atoms with Crippen LogP contribution in [0.3, 0.4) is 0 Å². The van der Waals surface area contributed by atoms with Gasteiger partial charge in [0.1, 0.15) is 0 Å². The quantitative estimate of drug-likeness (QED) is 0.541. The van der Waals surface area contributed by atoms with Crippen molar-refractivity contribution in [2.45, 2.75) is 53.4 Å². The van der Waals surface area contributed by atoms with Crippen LogP contribution in [0.2, 0.25) is 0 Å². The van der Waals surface area contributed by atoms with Crippen LogP contribution in [0, 0.1) is 11.8 Å². The molecule has 3 nitrogen and oxygen atoms in total. The molecule has 1 amide bonds. The van der Waals surface area contributed by atoms with Crippen molar-refractivity contribution in [3.63, 3.8) is 0 Å². The number of hydrogen-bond acceptors (Lipinski definition) is 2. The Morgan fingerprint density at radius 1 is 1.10 bits per heavy atom. The SMILES string of the molecule is CCC(C)CCN(CC(CC)CC)C(=O)/C=C/CN(C)C. The molecule has 0 bridgehead atoms. The molecular weight excluding hydrogens is 260 g/mol. The second kappa shape index (κ2) is 11.8. The lowest BCUT2D eigenvalue weighted by Crippen LogP contribution is -2.35. The van der Waals surface area contributed by atoms with Crippen molar-refractivity contribution in [3.05, 3.63) is 12.2 Å². The average Bonchev–Trinajstić information content (AvgIpc) is 2.46. The molecule has 0 rings (SSSR count). The first-order chi connectivity index (χ1) is 9.94. The van der Waals surface area contributed by atoms with Crippen LogP contribution in [0.25, 0.3) is 0 Å². The monoisotopic (exact) mass is 296 g/mol. The number of hydrogen-bond donors (Lipinski definition) is 0. The number of carbonyl (C=O) groups is 1. The van der Waals surface area contributed by atoms with Gasteiger partial charge in [0.2, 0.25) is 5.91 Å². The molecule has 1 atom stereocenters. The van der Waals surface area contributed by atoms with Crippen LogP contribution in [0.15, 0.2) is 12.2 Å². The van der Waals surface area contributed by atoms with E-state index in [0.29, 0.717) is 11.8 Å². The Labute approximate surface area is 132 Å². The highest BCUT2D eigenvalue weighted by molar-refractivity contribution is 5.87. The Kier molecular flexibility index (Phi) is 11.3. The van der Waals surface area contributed by atoms with E-state index in [1.807, 2.05) is 20.2 Å². The fourth-order valence-electron chi connectivity index (χ4n) is 2.20. The van der Waals surface area contributed by atoms with E-state index in [-0.39, 0.29) is 5.91 Å². The van der Waals surface area contributed by atoms with E-state index in [0.717, 1.165) is 38.9 Å². The lowest BCUT2D eigenvalue weighted by atomic mass is 10.0. The van der Waals surface area contributed by atoms with Gasteiger partial charge in [-0.1, -0.05) is 53.0 Å². The summed E-state index contributed by atoms with van der Waals surface area (Å²) < 4.78 is 0. The van der Waals surface area contributed by atoms with E-state index in [1.165, 1.54) is 6.42 Å². The maximum Gasteiger partial charge on any atom is 0.246 e. The third-order valence-corrected chi connectivity index (χ3v) is 4.26. The van der Waals surface area contributed by atoms with Crippen LogP contribution in [0.4, 0.5) is 0 Å². The van der Waals surface area contributed by atoms with Crippen LogP contribution in [-0.2, 0) is 4.79 Å². The summed E-state index contributed by atoms with van der Waals surface area (Å²) in [6, 6.07) is 0. The highest BCUT2D eigenvalue weighted by Gasteiger charge is 2.16. The Bertz CT molecular complexity index is 296. The summed E-state index contributed by atoms with van der Waals surface area (Å²) in [5.74, 6) is 1.48. The van der Waals surface area contributed by atoms with Gasteiger partial charge in [0.05, 0.1) is 0 Å². The van der Waals surface area contributed by atoms with Gasteiger partial charge in [-0.3, -0.25) is 4.79 Å². The van der Waals surface area contributed by atoms with E-state index in [9.17, 15) is 4.79 Å². The summed E-state index contributed by atoms with van der Waals surface area (Å²) in [5, 5.41) is 0. The fourth-order valence-corrected chi connectivity index (χ4v) is 2.20. The molecule has 21 heavy (non-hydrogen) atoms. The van der Waals surface area contributed by atoms with Crippen LogP contribution in [0.1, 0.15) is 53.4 Å². The number of amides is 1. The van der Waals surface area contributed by atoms with Gasteiger partial charge >= 0.3 is 0 Å². The molecule has 0 heterocycles. The van der Waals surface area contributed by atoms with Gasteiger partial charge in [-0.15, -0.1) is 0 Å². The lowest BCUT2D eigenvalue weighted by molar-refractivity contribution is -0.126. The normalized spacial score (nSPS) is 13.3. The van der Waals surface area contributed by atoms with Crippen molar-refractivity contribution in [2.75, 3.05) is 33.7 Å². The van der Waals surface area contributed by atoms with E-state index >= 15 is 0 Å². The smallest absolute Gasteiger partial charge is 0.246 e. The van der Waals surface area contributed by atoms with Crippen molar-refractivity contribution in [1.82, 2.24) is 9.80 Å². The molecular formula is C18H36N2O. The number of rotatable bonds is 11. The van der Waals surface area contributed by atoms with Gasteiger partial charge < -0.3 is 9.80 Å². The third-order valence-electron chi connectivity index (χ3n) is 4.26.